The van der Waals surface area contributed by atoms with Crippen LogP contribution in [-0.2, 0) is 0 Å². The highest BCUT2D eigenvalue weighted by atomic mass is 32.1. The second-order valence-corrected chi connectivity index (χ2v) is 8.06. The highest BCUT2D eigenvalue weighted by Crippen LogP contribution is 2.27. The monoisotopic (exact) mass is 414 g/mol. The zero-order chi connectivity index (χ0) is 20.4. The van der Waals surface area contributed by atoms with E-state index in [4.69, 9.17) is 0 Å². The van der Waals surface area contributed by atoms with E-state index in [-0.39, 0.29) is 11.8 Å². The molecule has 150 valence electrons. The minimum absolute atomic E-state index is 0.145. The van der Waals surface area contributed by atoms with Crippen molar-refractivity contribution in [1.29, 1.82) is 0 Å². The second-order valence-electron chi connectivity index (χ2n) is 7.06. The van der Waals surface area contributed by atoms with Crippen LogP contribution in [0.25, 0.3) is 10.7 Å². The molecule has 5 nitrogen and oxygen atoms in total. The van der Waals surface area contributed by atoms with Crippen molar-refractivity contribution in [1.82, 2.24) is 15.3 Å². The lowest BCUT2D eigenvalue weighted by molar-refractivity contribution is 0.0951. The molecule has 0 saturated carbocycles. The fourth-order valence-electron chi connectivity index (χ4n) is 3.44. The quantitative estimate of drug-likeness (QED) is 0.684. The summed E-state index contributed by atoms with van der Waals surface area (Å²) >= 11 is 1.33. The fourth-order valence-corrected chi connectivity index (χ4v) is 4.40. The summed E-state index contributed by atoms with van der Waals surface area (Å²) in [6, 6.07) is 9.53. The number of amides is 1. The van der Waals surface area contributed by atoms with Crippen molar-refractivity contribution in [3.8, 4) is 10.7 Å². The molecule has 1 aromatic carbocycles. The zero-order valence-electron chi connectivity index (χ0n) is 15.9. The van der Waals surface area contributed by atoms with Gasteiger partial charge in [-0.05, 0) is 43.5 Å². The summed E-state index contributed by atoms with van der Waals surface area (Å²) in [5, 5.41) is 3.71. The molecule has 1 fully saturated rings. The number of carbonyl (C=O) groups excluding carboxylic acids is 1. The predicted molar refractivity (Wildman–Crippen MR) is 109 cm³/mol. The Bertz CT molecular complexity index is 1020. The fraction of sp³-hybridized carbons (Fsp3) is 0.286. The number of aryl methyl sites for hydroxylation is 1. The molecule has 1 amide bonds. The maximum absolute atomic E-state index is 13.5. The van der Waals surface area contributed by atoms with Crippen LogP contribution in [0.2, 0.25) is 0 Å². The van der Waals surface area contributed by atoms with Crippen molar-refractivity contribution in [3.63, 3.8) is 0 Å². The molecule has 1 aliphatic rings. The number of carbonyl (C=O) groups is 1. The molecule has 0 radical (unpaired) electrons. The number of hydrogen-bond donors (Lipinski definition) is 1. The number of anilines is 1. The minimum atomic E-state index is -0.846. The van der Waals surface area contributed by atoms with Crippen molar-refractivity contribution in [2.45, 2.75) is 13.3 Å². The normalized spacial score (nSPS) is 16.2. The Balaban J connectivity index is 1.36. The first-order chi connectivity index (χ1) is 14.0. The molecular formula is C21H20F2N4OS. The van der Waals surface area contributed by atoms with Gasteiger partial charge in [0, 0.05) is 37.6 Å². The van der Waals surface area contributed by atoms with E-state index in [1.807, 2.05) is 30.0 Å². The molecule has 4 rings (SSSR count). The van der Waals surface area contributed by atoms with Crippen LogP contribution in [0.5, 0.6) is 0 Å². The van der Waals surface area contributed by atoms with Gasteiger partial charge in [-0.25, -0.2) is 13.8 Å². The van der Waals surface area contributed by atoms with Crippen molar-refractivity contribution >= 4 is 22.9 Å². The van der Waals surface area contributed by atoms with Gasteiger partial charge in [0.05, 0.1) is 11.4 Å². The molecule has 1 aliphatic heterocycles. The van der Waals surface area contributed by atoms with E-state index in [1.165, 1.54) is 17.4 Å². The van der Waals surface area contributed by atoms with Crippen molar-refractivity contribution in [3.05, 3.63) is 64.8 Å². The van der Waals surface area contributed by atoms with Crippen LogP contribution in [0.15, 0.2) is 42.6 Å². The average molecular weight is 414 g/mol. The van der Waals surface area contributed by atoms with E-state index in [0.717, 1.165) is 29.7 Å². The predicted octanol–water partition coefficient (Wildman–Crippen LogP) is 4.05. The Labute approximate surface area is 171 Å². The molecule has 1 unspecified atom stereocenters. The van der Waals surface area contributed by atoms with Crippen LogP contribution in [0.1, 0.15) is 21.8 Å². The van der Waals surface area contributed by atoms with E-state index in [1.54, 1.807) is 12.3 Å². The third-order valence-electron chi connectivity index (χ3n) is 4.99. The van der Waals surface area contributed by atoms with Crippen LogP contribution >= 0.6 is 11.3 Å². The van der Waals surface area contributed by atoms with Crippen LogP contribution in [0, 0.1) is 24.5 Å². The number of halogens is 2. The van der Waals surface area contributed by atoms with Gasteiger partial charge >= 0.3 is 0 Å². The number of aromatic nitrogens is 2. The first-order valence-corrected chi connectivity index (χ1v) is 10.2. The summed E-state index contributed by atoms with van der Waals surface area (Å²) in [7, 11) is 0. The Morgan fingerprint density at radius 1 is 1.28 bits per heavy atom. The highest BCUT2D eigenvalue weighted by molar-refractivity contribution is 7.17. The molecular weight excluding hydrogens is 394 g/mol. The molecule has 1 N–H and O–H groups in total. The number of hydrogen-bond acceptors (Lipinski definition) is 5. The first-order valence-electron chi connectivity index (χ1n) is 9.38. The van der Waals surface area contributed by atoms with Gasteiger partial charge in [0.15, 0.2) is 11.6 Å². The molecule has 29 heavy (non-hydrogen) atoms. The molecule has 1 saturated heterocycles. The van der Waals surface area contributed by atoms with E-state index < -0.39 is 11.6 Å². The van der Waals surface area contributed by atoms with Crippen LogP contribution < -0.4 is 10.2 Å². The molecule has 2 aromatic heterocycles. The summed E-state index contributed by atoms with van der Waals surface area (Å²) in [5.74, 6) is -1.59. The Morgan fingerprint density at radius 2 is 2.14 bits per heavy atom. The average Bonchev–Trinajstić information content (AvgIpc) is 3.36. The van der Waals surface area contributed by atoms with E-state index in [2.05, 4.69) is 15.3 Å². The number of nitrogens with zero attached hydrogens (tertiary/aromatic N) is 3. The third kappa shape index (κ3) is 4.27. The number of pyridine rings is 1. The standard InChI is InChI=1S/C21H20F2N4OS/c1-13-19(29-21(26-13)18-4-2-3-8-24-18)20(28)25-11-14-7-9-27(12-14)15-5-6-16(22)17(23)10-15/h2-6,8,10,14H,7,9,11-12H2,1H3,(H,25,28). The Kier molecular flexibility index (Phi) is 5.53. The van der Waals surface area contributed by atoms with Crippen molar-refractivity contribution < 1.29 is 13.6 Å². The lowest BCUT2D eigenvalue weighted by atomic mass is 10.1. The summed E-state index contributed by atoms with van der Waals surface area (Å²) in [6.07, 6.45) is 2.57. The summed E-state index contributed by atoms with van der Waals surface area (Å²) in [5.41, 5.74) is 2.09. The topological polar surface area (TPSA) is 58.1 Å². The Hall–Kier alpha value is -2.87. The minimum Gasteiger partial charge on any atom is -0.371 e. The number of thiazole rings is 1. The molecule has 8 heteroatoms. The SMILES string of the molecule is Cc1nc(-c2ccccn2)sc1C(=O)NCC1CCN(c2ccc(F)c(F)c2)C1. The van der Waals surface area contributed by atoms with Crippen LogP contribution in [-0.4, -0.2) is 35.5 Å². The van der Waals surface area contributed by atoms with Gasteiger partial charge in [-0.2, -0.15) is 0 Å². The molecule has 0 spiro atoms. The van der Waals surface area contributed by atoms with Gasteiger partial charge in [-0.15, -0.1) is 11.3 Å². The van der Waals surface area contributed by atoms with Crippen LogP contribution in [0.4, 0.5) is 14.5 Å². The van der Waals surface area contributed by atoms with E-state index in [0.29, 0.717) is 29.3 Å². The summed E-state index contributed by atoms with van der Waals surface area (Å²) in [4.78, 5) is 24.0. The first kappa shape index (κ1) is 19.4. The lowest BCUT2D eigenvalue weighted by Crippen LogP contribution is -2.31. The smallest absolute Gasteiger partial charge is 0.263 e. The van der Waals surface area contributed by atoms with E-state index in [9.17, 15) is 13.6 Å². The van der Waals surface area contributed by atoms with Gasteiger partial charge in [0.1, 0.15) is 9.88 Å². The third-order valence-corrected chi connectivity index (χ3v) is 6.17. The molecule has 0 bridgehead atoms. The summed E-state index contributed by atoms with van der Waals surface area (Å²) in [6.45, 7) is 3.77. The second kappa shape index (κ2) is 8.24. The Morgan fingerprint density at radius 3 is 2.90 bits per heavy atom. The van der Waals surface area contributed by atoms with E-state index >= 15 is 0 Å². The summed E-state index contributed by atoms with van der Waals surface area (Å²) < 4.78 is 26.6. The largest absolute Gasteiger partial charge is 0.371 e. The zero-order valence-corrected chi connectivity index (χ0v) is 16.7. The lowest BCUT2D eigenvalue weighted by Gasteiger charge is -2.19. The number of rotatable bonds is 5. The van der Waals surface area contributed by atoms with Crippen molar-refractivity contribution in [2.24, 2.45) is 5.92 Å². The maximum atomic E-state index is 13.5. The maximum Gasteiger partial charge on any atom is 0.263 e. The van der Waals surface area contributed by atoms with Crippen LogP contribution in [0.3, 0.4) is 0 Å². The van der Waals surface area contributed by atoms with Gasteiger partial charge < -0.3 is 10.2 Å². The van der Waals surface area contributed by atoms with Crippen molar-refractivity contribution in [2.75, 3.05) is 24.5 Å². The molecule has 1 atom stereocenters. The molecule has 0 aliphatic carbocycles. The number of nitrogens with one attached hydrogen (secondary N) is 1. The van der Waals surface area contributed by atoms with Gasteiger partial charge in [0.25, 0.3) is 5.91 Å². The van der Waals surface area contributed by atoms with Gasteiger partial charge in [-0.1, -0.05) is 6.07 Å². The highest BCUT2D eigenvalue weighted by Gasteiger charge is 2.25. The molecule has 3 heterocycles. The van der Waals surface area contributed by atoms with Gasteiger partial charge in [-0.3, -0.25) is 9.78 Å². The number of benzene rings is 1. The van der Waals surface area contributed by atoms with Gasteiger partial charge in [0.2, 0.25) is 0 Å². The molecule has 3 aromatic rings.